The largest absolute Gasteiger partial charge is 0.493 e. The lowest BCUT2D eigenvalue weighted by Crippen LogP contribution is -2.24. The third-order valence-electron chi connectivity index (χ3n) is 6.15. The lowest BCUT2D eigenvalue weighted by atomic mass is 9.97. The maximum Gasteiger partial charge on any atom is 0.308 e. The Kier molecular flexibility index (Phi) is 8.08. The molecule has 0 fully saturated rings. The van der Waals surface area contributed by atoms with Gasteiger partial charge in [0.2, 0.25) is 0 Å². The quantitative estimate of drug-likeness (QED) is 0.0840. The van der Waals surface area contributed by atoms with Gasteiger partial charge in [0.15, 0.2) is 16.7 Å². The number of fused-ring (bicyclic) bond motifs is 3. The molecule has 0 radical (unpaired) electrons. The van der Waals surface area contributed by atoms with Gasteiger partial charge in [-0.1, -0.05) is 30.0 Å². The molecule has 0 atom stereocenters. The average Bonchev–Trinajstić information content (AvgIpc) is 3.31. The molecular weight excluding hydrogens is 536 g/mol. The van der Waals surface area contributed by atoms with Gasteiger partial charge in [-0.2, -0.15) is 5.10 Å². The molecule has 0 bridgehead atoms. The Balaban J connectivity index is 1.34. The Bertz CT molecular complexity index is 1630. The van der Waals surface area contributed by atoms with Gasteiger partial charge in [-0.05, 0) is 67.1 Å². The van der Waals surface area contributed by atoms with E-state index < -0.39 is 5.97 Å². The number of aromatic nitrogens is 2. The third kappa shape index (κ3) is 5.89. The summed E-state index contributed by atoms with van der Waals surface area (Å²) in [6.07, 6.45) is 5.53. The fourth-order valence-corrected chi connectivity index (χ4v) is 6.54. The summed E-state index contributed by atoms with van der Waals surface area (Å²) >= 11 is 2.77. The van der Waals surface area contributed by atoms with E-state index >= 15 is 0 Å². The molecule has 2 aromatic carbocycles. The molecule has 1 N–H and O–H groups in total. The van der Waals surface area contributed by atoms with Gasteiger partial charge >= 0.3 is 5.97 Å². The van der Waals surface area contributed by atoms with Crippen LogP contribution in [0, 0.1) is 0 Å². The van der Waals surface area contributed by atoms with E-state index in [2.05, 4.69) is 10.5 Å². The maximum atomic E-state index is 13.7. The Labute approximate surface area is 232 Å². The molecule has 39 heavy (non-hydrogen) atoms. The number of nitrogens with zero attached hydrogens (tertiary/aromatic N) is 3. The number of ether oxygens (including phenoxy) is 2. The number of benzene rings is 2. The molecule has 0 saturated heterocycles. The van der Waals surface area contributed by atoms with Crippen molar-refractivity contribution in [2.75, 3.05) is 12.9 Å². The second-order valence-electron chi connectivity index (χ2n) is 8.85. The second kappa shape index (κ2) is 11.8. The number of carbonyl (C=O) groups excluding carboxylic acids is 2. The zero-order chi connectivity index (χ0) is 27.4. The number of hydrogen-bond donors (Lipinski definition) is 1. The zero-order valence-electron chi connectivity index (χ0n) is 21.4. The van der Waals surface area contributed by atoms with Crippen LogP contribution < -0.4 is 20.5 Å². The van der Waals surface area contributed by atoms with Crippen LogP contribution in [0.1, 0.15) is 35.8 Å². The van der Waals surface area contributed by atoms with Crippen LogP contribution in [0.5, 0.6) is 11.5 Å². The monoisotopic (exact) mass is 562 g/mol. The first kappa shape index (κ1) is 26.6. The molecule has 2 heterocycles. The van der Waals surface area contributed by atoms with Gasteiger partial charge in [-0.15, -0.1) is 11.3 Å². The summed E-state index contributed by atoms with van der Waals surface area (Å²) in [5.41, 5.74) is 4.89. The van der Waals surface area contributed by atoms with Crippen molar-refractivity contribution in [2.45, 2.75) is 37.8 Å². The Morgan fingerprint density at radius 2 is 1.95 bits per heavy atom. The van der Waals surface area contributed by atoms with Crippen LogP contribution in [-0.2, 0) is 22.4 Å². The van der Waals surface area contributed by atoms with Gasteiger partial charge in [0.1, 0.15) is 4.83 Å². The summed E-state index contributed by atoms with van der Waals surface area (Å²) < 4.78 is 11.9. The number of nitrogens with one attached hydrogen (secondary N) is 1. The van der Waals surface area contributed by atoms with Gasteiger partial charge in [-0.3, -0.25) is 19.0 Å². The highest BCUT2D eigenvalue weighted by Gasteiger charge is 2.23. The van der Waals surface area contributed by atoms with E-state index in [1.165, 1.54) is 36.9 Å². The van der Waals surface area contributed by atoms with Crippen molar-refractivity contribution in [1.29, 1.82) is 0 Å². The molecule has 0 unspecified atom stereocenters. The average molecular weight is 563 g/mol. The SMILES string of the molecule is COc1cc(/C=N\NC(=O)CSc2nc3sc4c(c3c(=O)n2-c2ccccc2)CCCC4)ccc1OC(C)=O. The molecule has 1 amide bonds. The van der Waals surface area contributed by atoms with E-state index in [9.17, 15) is 14.4 Å². The van der Waals surface area contributed by atoms with Gasteiger partial charge in [0, 0.05) is 11.8 Å². The van der Waals surface area contributed by atoms with E-state index in [1.807, 2.05) is 30.3 Å². The fourth-order valence-electron chi connectivity index (χ4n) is 4.43. The topological polar surface area (TPSA) is 112 Å². The smallest absolute Gasteiger partial charge is 0.308 e. The van der Waals surface area contributed by atoms with Crippen molar-refractivity contribution in [3.05, 3.63) is 74.9 Å². The van der Waals surface area contributed by atoms with Crippen molar-refractivity contribution in [3.8, 4) is 17.2 Å². The van der Waals surface area contributed by atoms with Gasteiger partial charge in [-0.25, -0.2) is 10.4 Å². The standard InChI is InChI=1S/C28H26N4O5S2/c1-17(33)37-21-13-12-18(14-22(21)36-2)15-29-31-24(34)16-38-28-30-26-25(20-10-6-7-11-23(20)39-26)27(35)32(28)19-8-4-3-5-9-19/h3-5,8-9,12-15H,6-7,10-11,16H2,1-2H3,(H,31,34)/b29-15-. The number of para-hydroxylation sites is 1. The normalized spacial score (nSPS) is 12.9. The minimum atomic E-state index is -0.454. The maximum absolute atomic E-state index is 13.7. The summed E-state index contributed by atoms with van der Waals surface area (Å²) in [5, 5.41) is 5.19. The number of rotatable bonds is 8. The van der Waals surface area contributed by atoms with Crippen LogP contribution in [0.25, 0.3) is 15.9 Å². The van der Waals surface area contributed by atoms with E-state index in [1.54, 1.807) is 34.1 Å². The Morgan fingerprint density at radius 1 is 1.15 bits per heavy atom. The molecule has 2 aromatic heterocycles. The molecule has 9 nitrogen and oxygen atoms in total. The van der Waals surface area contributed by atoms with Crippen LogP contribution in [0.4, 0.5) is 0 Å². The highest BCUT2D eigenvalue weighted by molar-refractivity contribution is 7.99. The predicted octanol–water partition coefficient (Wildman–Crippen LogP) is 4.50. The van der Waals surface area contributed by atoms with Crippen LogP contribution in [0.3, 0.4) is 0 Å². The molecule has 1 aliphatic rings. The van der Waals surface area contributed by atoms with Crippen LogP contribution >= 0.6 is 23.1 Å². The van der Waals surface area contributed by atoms with Crippen molar-refractivity contribution >= 4 is 51.4 Å². The number of carbonyl (C=O) groups is 2. The first-order chi connectivity index (χ1) is 18.9. The molecule has 0 aliphatic heterocycles. The van der Waals surface area contributed by atoms with Crippen molar-refractivity contribution in [2.24, 2.45) is 5.10 Å². The number of aryl methyl sites for hydroxylation is 2. The van der Waals surface area contributed by atoms with Crippen LogP contribution in [-0.4, -0.2) is 40.5 Å². The summed E-state index contributed by atoms with van der Waals surface area (Å²) in [7, 11) is 1.47. The van der Waals surface area contributed by atoms with Gasteiger partial charge < -0.3 is 9.47 Å². The highest BCUT2D eigenvalue weighted by atomic mass is 32.2. The van der Waals surface area contributed by atoms with Crippen molar-refractivity contribution in [1.82, 2.24) is 15.0 Å². The van der Waals surface area contributed by atoms with Gasteiger partial charge in [0.25, 0.3) is 11.5 Å². The number of amides is 1. The number of methoxy groups -OCH3 is 1. The summed E-state index contributed by atoms with van der Waals surface area (Å²) in [6.45, 7) is 1.31. The second-order valence-corrected chi connectivity index (χ2v) is 10.9. The summed E-state index contributed by atoms with van der Waals surface area (Å²) in [4.78, 5) is 44.4. The first-order valence-electron chi connectivity index (χ1n) is 12.4. The number of hydrogen-bond acceptors (Lipinski definition) is 9. The van der Waals surface area contributed by atoms with Gasteiger partial charge in [0.05, 0.1) is 30.2 Å². The summed E-state index contributed by atoms with van der Waals surface area (Å²) in [6, 6.07) is 14.3. The van der Waals surface area contributed by atoms with Crippen molar-refractivity contribution < 1.29 is 19.1 Å². The molecule has 4 aromatic rings. The number of esters is 1. The zero-order valence-corrected chi connectivity index (χ0v) is 23.1. The molecule has 1 aliphatic carbocycles. The predicted molar refractivity (Wildman–Crippen MR) is 153 cm³/mol. The minimum Gasteiger partial charge on any atom is -0.493 e. The lowest BCUT2D eigenvalue weighted by Gasteiger charge is -2.13. The fraction of sp³-hybridized carbons (Fsp3) is 0.250. The minimum absolute atomic E-state index is 0.0158. The Morgan fingerprint density at radius 3 is 2.72 bits per heavy atom. The number of thiophene rings is 1. The lowest BCUT2D eigenvalue weighted by molar-refractivity contribution is -0.132. The molecule has 200 valence electrons. The van der Waals surface area contributed by atoms with Crippen LogP contribution in [0.15, 0.2) is 63.6 Å². The summed E-state index contributed by atoms with van der Waals surface area (Å²) in [5.74, 6) is -0.125. The molecular formula is C28H26N4O5S2. The molecule has 0 saturated carbocycles. The van der Waals surface area contributed by atoms with E-state index in [0.717, 1.165) is 36.1 Å². The van der Waals surface area contributed by atoms with E-state index in [4.69, 9.17) is 14.5 Å². The van der Waals surface area contributed by atoms with E-state index in [0.29, 0.717) is 33.3 Å². The molecule has 0 spiro atoms. The molecule has 11 heteroatoms. The number of hydrazone groups is 1. The Hall–Kier alpha value is -3.96. The highest BCUT2D eigenvalue weighted by Crippen LogP contribution is 2.35. The van der Waals surface area contributed by atoms with E-state index in [-0.39, 0.29) is 17.2 Å². The third-order valence-corrected chi connectivity index (χ3v) is 8.27. The first-order valence-corrected chi connectivity index (χ1v) is 14.2. The number of thioether (sulfide) groups is 1. The molecule has 5 rings (SSSR count). The van der Waals surface area contributed by atoms with Crippen molar-refractivity contribution in [3.63, 3.8) is 0 Å². The van der Waals surface area contributed by atoms with Crippen LogP contribution in [0.2, 0.25) is 0 Å².